The smallest absolute Gasteiger partial charge is 0.338 e. The Morgan fingerprint density at radius 1 is 0.159 bits per heavy atom. The number of rotatable bonds is 38. The molecule has 0 fully saturated rings. The van der Waals surface area contributed by atoms with Gasteiger partial charge in [0.05, 0.1) is 176 Å². The highest BCUT2D eigenvalue weighted by Crippen LogP contribution is 2.32. The van der Waals surface area contributed by atoms with Gasteiger partial charge in [-0.3, -0.25) is 0 Å². The predicted octanol–water partition coefficient (Wildman–Crippen LogP) is 20.6. The second-order valence-electron chi connectivity index (χ2n) is 26.3. The van der Waals surface area contributed by atoms with Crippen molar-refractivity contribution in [3.05, 3.63) is 295 Å². The molecule has 0 aliphatic carbocycles. The van der Waals surface area contributed by atoms with Crippen LogP contribution >= 0.6 is 0 Å². The van der Waals surface area contributed by atoms with E-state index in [1.165, 1.54) is 109 Å². The Hall–Kier alpha value is -16.2. The lowest BCUT2D eigenvalue weighted by molar-refractivity contribution is 0.0453. The van der Waals surface area contributed by atoms with Gasteiger partial charge in [-0.2, -0.15) is 51.1 Å². The zero-order valence-electron chi connectivity index (χ0n) is 69.4. The lowest BCUT2D eigenvalue weighted by atomic mass is 10.1. The van der Waals surface area contributed by atoms with Gasteiger partial charge in [0.25, 0.3) is 0 Å². The van der Waals surface area contributed by atoms with E-state index >= 15 is 0 Å². The fraction of sp³-hybridized carbons (Fsp3) is 0.217. The maximum absolute atomic E-state index is 14.3. The summed E-state index contributed by atoms with van der Waals surface area (Å²) in [6, 6.07) is 49.4. The standard InChI is InChI=1S/C92H82N10O24/c1-9-115-81(103)59-33-60(82(104)116-10-2)40-75(39-59)97-93-71-25-17-55(18-26-71)51-123-89(111)67-37-68(90(112)124-52-56-19-27-72(28-20-56)94-98-76-41-61(83(105)117-11-3)34-62(42-76)84(106)118-12-4)48-79(47-67)101-102-80-49-69(91(113)125-53-57-21-29-73(30-22-57)95-99-77-43-63(85(107)119-13-5)35-64(44-77)86(108)120-14-6)38-70(50-80)92(114)126-54-58-23-31-74(32-24-58)96-100-78-45-65(87(109)121-15-7)36-66(46-78)88(110)122-16-8/h17-50H,9-16,51-54H2,1-8H3. The van der Waals surface area contributed by atoms with Crippen molar-refractivity contribution >= 4 is 129 Å². The first-order valence-electron chi connectivity index (χ1n) is 39.3. The molecule has 0 radical (unpaired) electrons. The van der Waals surface area contributed by atoms with Crippen LogP contribution in [0, 0.1) is 0 Å². The van der Waals surface area contributed by atoms with Crippen molar-refractivity contribution in [3.63, 3.8) is 0 Å². The lowest BCUT2D eigenvalue weighted by Crippen LogP contribution is -2.09. The van der Waals surface area contributed by atoms with Gasteiger partial charge in [-0.15, -0.1) is 0 Å². The molecule has 644 valence electrons. The van der Waals surface area contributed by atoms with Gasteiger partial charge in [-0.05, 0) is 235 Å². The molecular weight excluding hydrogens is 1630 g/mol. The molecule has 0 spiro atoms. The first kappa shape index (κ1) is 92.1. The Labute approximate surface area is 720 Å². The maximum atomic E-state index is 14.3. The van der Waals surface area contributed by atoms with E-state index < -0.39 is 71.6 Å². The highest BCUT2D eigenvalue weighted by atomic mass is 16.6. The number of carbonyl (C=O) groups excluding carboxylic acids is 12. The minimum absolute atomic E-state index is 0.0502. The molecule has 0 amide bonds. The second-order valence-corrected chi connectivity index (χ2v) is 26.3. The van der Waals surface area contributed by atoms with Crippen molar-refractivity contribution < 1.29 is 114 Å². The van der Waals surface area contributed by atoms with Crippen LogP contribution in [0.1, 0.15) is 202 Å². The largest absolute Gasteiger partial charge is 0.462 e. The molecule has 126 heavy (non-hydrogen) atoms. The minimum Gasteiger partial charge on any atom is -0.462 e. The third-order valence-electron chi connectivity index (χ3n) is 17.2. The zero-order chi connectivity index (χ0) is 90.0. The molecule has 0 aliphatic heterocycles. The summed E-state index contributed by atoms with van der Waals surface area (Å²) in [5.41, 5.74) is 3.10. The molecule has 0 unspecified atom stereocenters. The Morgan fingerprint density at radius 3 is 0.389 bits per heavy atom. The van der Waals surface area contributed by atoms with Crippen molar-refractivity contribution in [2.75, 3.05) is 52.9 Å². The van der Waals surface area contributed by atoms with Gasteiger partial charge in [0.2, 0.25) is 0 Å². The van der Waals surface area contributed by atoms with Crippen LogP contribution in [0.2, 0.25) is 0 Å². The molecule has 0 heterocycles. The summed E-state index contributed by atoms with van der Waals surface area (Å²) < 4.78 is 64.2. The van der Waals surface area contributed by atoms with Crippen LogP contribution in [-0.4, -0.2) is 124 Å². The molecule has 10 aromatic rings. The van der Waals surface area contributed by atoms with E-state index in [1.807, 2.05) is 0 Å². The van der Waals surface area contributed by atoms with E-state index in [-0.39, 0.29) is 180 Å². The normalized spacial score (nSPS) is 11.1. The first-order chi connectivity index (χ1) is 60.9. The Morgan fingerprint density at radius 2 is 0.270 bits per heavy atom. The number of azo groups is 5. The summed E-state index contributed by atoms with van der Waals surface area (Å²) in [5, 5.41) is 42.8. The van der Waals surface area contributed by atoms with Crippen LogP contribution in [0.25, 0.3) is 0 Å². The van der Waals surface area contributed by atoms with Crippen molar-refractivity contribution in [1.29, 1.82) is 0 Å². The monoisotopic (exact) mass is 1710 g/mol. The third kappa shape index (κ3) is 27.2. The number of hydrogen-bond donors (Lipinski definition) is 0. The average Bonchev–Trinajstić information content (AvgIpc) is 0.789. The van der Waals surface area contributed by atoms with E-state index in [0.29, 0.717) is 45.0 Å². The molecule has 34 nitrogen and oxygen atoms in total. The van der Waals surface area contributed by atoms with Crippen LogP contribution < -0.4 is 0 Å². The van der Waals surface area contributed by atoms with Crippen LogP contribution in [0.4, 0.5) is 56.9 Å². The Bertz CT molecular complexity index is 5030. The third-order valence-corrected chi connectivity index (χ3v) is 17.2. The molecule has 0 aromatic heterocycles. The fourth-order valence-electron chi connectivity index (χ4n) is 11.3. The molecule has 0 aliphatic rings. The zero-order valence-corrected chi connectivity index (χ0v) is 69.4. The van der Waals surface area contributed by atoms with Gasteiger partial charge >= 0.3 is 71.6 Å². The number of benzene rings is 10. The summed E-state index contributed by atoms with van der Waals surface area (Å²) in [6.07, 6.45) is 0. The number of hydrogen-bond acceptors (Lipinski definition) is 34. The van der Waals surface area contributed by atoms with E-state index in [0.717, 1.165) is 0 Å². The quantitative estimate of drug-likeness (QED) is 0.0197. The SMILES string of the molecule is CCOC(=O)c1cc(N=Nc2ccc(COC(=O)c3cc(N=Nc4cc(C(=O)OCc5ccc(N=Nc6cc(C(=O)OCC)cc(C(=O)OCC)c6)cc5)cc(C(=O)OCc5ccc(N=Nc6cc(C(=O)OCC)cc(C(=O)OCC)c6)cc5)c4)cc(C(=O)OCc4ccc(N=Nc5cc(C(=O)OCC)cc(C(=O)OCC)c5)cc4)c3)cc2)cc(C(=O)OCC)c1. The molecule has 10 rings (SSSR count). The average molecular weight is 1710 g/mol. The van der Waals surface area contributed by atoms with Crippen molar-refractivity contribution in [2.45, 2.75) is 81.8 Å². The maximum Gasteiger partial charge on any atom is 0.338 e. The van der Waals surface area contributed by atoms with Gasteiger partial charge in [-0.25, -0.2) is 57.5 Å². The van der Waals surface area contributed by atoms with E-state index in [1.54, 1.807) is 152 Å². The van der Waals surface area contributed by atoms with Crippen LogP contribution in [-0.2, 0) is 83.3 Å². The van der Waals surface area contributed by atoms with Crippen LogP contribution in [0.3, 0.4) is 0 Å². The number of ether oxygens (including phenoxy) is 12. The molecule has 0 saturated carbocycles. The van der Waals surface area contributed by atoms with Gasteiger partial charge in [0, 0.05) is 0 Å². The van der Waals surface area contributed by atoms with E-state index in [9.17, 15) is 57.5 Å². The van der Waals surface area contributed by atoms with Crippen LogP contribution in [0.5, 0.6) is 0 Å². The highest BCUT2D eigenvalue weighted by molar-refractivity contribution is 6.01. The molecule has 34 heteroatoms. The van der Waals surface area contributed by atoms with Gasteiger partial charge in [-0.1, -0.05) is 48.5 Å². The Kier molecular flexibility index (Phi) is 33.7. The molecule has 0 atom stereocenters. The van der Waals surface area contributed by atoms with Crippen molar-refractivity contribution in [2.24, 2.45) is 51.1 Å². The number of nitrogens with zero attached hydrogens (tertiary/aromatic N) is 10. The molecule has 0 bridgehead atoms. The molecule has 0 saturated heterocycles. The summed E-state index contributed by atoms with van der Waals surface area (Å²) in [6.45, 7) is 12.5. The topological polar surface area (TPSA) is 439 Å². The predicted molar refractivity (Wildman–Crippen MR) is 449 cm³/mol. The highest BCUT2D eigenvalue weighted by Gasteiger charge is 2.24. The van der Waals surface area contributed by atoms with E-state index in [4.69, 9.17) is 56.8 Å². The second kappa shape index (κ2) is 46.0. The van der Waals surface area contributed by atoms with Crippen molar-refractivity contribution in [1.82, 2.24) is 0 Å². The molecular formula is C92H82N10O24. The number of esters is 12. The molecule has 0 N–H and O–H groups in total. The summed E-state index contributed by atoms with van der Waals surface area (Å²) in [7, 11) is 0. The van der Waals surface area contributed by atoms with Crippen LogP contribution in [0.15, 0.2) is 257 Å². The fourth-order valence-corrected chi connectivity index (χ4v) is 11.3. The van der Waals surface area contributed by atoms with E-state index in [2.05, 4.69) is 51.1 Å². The lowest BCUT2D eigenvalue weighted by Gasteiger charge is -2.10. The number of carbonyl (C=O) groups is 12. The van der Waals surface area contributed by atoms with Gasteiger partial charge < -0.3 is 56.8 Å². The summed E-state index contributed by atoms with van der Waals surface area (Å²) >= 11 is 0. The minimum atomic E-state index is -0.945. The first-order valence-corrected chi connectivity index (χ1v) is 39.3. The van der Waals surface area contributed by atoms with Crippen molar-refractivity contribution in [3.8, 4) is 0 Å². The summed E-state index contributed by atoms with van der Waals surface area (Å²) in [5.74, 6) is -9.28. The Balaban J connectivity index is 0.924. The van der Waals surface area contributed by atoms with Gasteiger partial charge in [0.1, 0.15) is 26.4 Å². The van der Waals surface area contributed by atoms with Gasteiger partial charge in [0.15, 0.2) is 0 Å². The summed E-state index contributed by atoms with van der Waals surface area (Å²) in [4.78, 5) is 159. The molecule has 10 aromatic carbocycles.